The van der Waals surface area contributed by atoms with Gasteiger partial charge in [0.05, 0.1) is 0 Å². The highest BCUT2D eigenvalue weighted by atomic mass is 16.3. The highest BCUT2D eigenvalue weighted by Crippen LogP contribution is 2.44. The first-order valence-corrected chi connectivity index (χ1v) is 7.37. The summed E-state index contributed by atoms with van der Waals surface area (Å²) in [5.41, 5.74) is 4.44. The molecule has 1 aromatic rings. The number of nitrogens with one attached hydrogen (secondary N) is 1. The maximum Gasteiger partial charge on any atom is 0.0499 e. The zero-order valence-electron chi connectivity index (χ0n) is 11.8. The summed E-state index contributed by atoms with van der Waals surface area (Å²) in [6, 6.07) is 6.83. The molecule has 0 aromatic heterocycles. The van der Waals surface area contributed by atoms with Crippen molar-refractivity contribution in [3.63, 3.8) is 0 Å². The monoisotopic (exact) mass is 260 g/mol. The Kier molecular flexibility index (Phi) is 3.50. The van der Waals surface area contributed by atoms with Crippen molar-refractivity contribution in [3.8, 4) is 0 Å². The highest BCUT2D eigenvalue weighted by Gasteiger charge is 2.41. The van der Waals surface area contributed by atoms with E-state index in [9.17, 15) is 5.11 Å². The molecule has 0 saturated heterocycles. The molecular formula is C16H24N2O. The topological polar surface area (TPSA) is 35.5 Å². The lowest BCUT2D eigenvalue weighted by Crippen LogP contribution is -2.27. The summed E-state index contributed by atoms with van der Waals surface area (Å²) >= 11 is 0. The second-order valence-corrected chi connectivity index (χ2v) is 6.25. The standard InChI is InChI=1S/C16H24N2O/c1-18-8-2-3-14-9-13(4-5-15(14)18)10-17-11-16(12-19)6-7-16/h4-5,9,17,19H,2-3,6-8,10-12H2,1H3. The van der Waals surface area contributed by atoms with Gasteiger partial charge in [0, 0.05) is 44.4 Å². The Morgan fingerprint density at radius 3 is 2.95 bits per heavy atom. The predicted molar refractivity (Wildman–Crippen MR) is 78.5 cm³/mol. The van der Waals surface area contributed by atoms with Crippen LogP contribution in [0.4, 0.5) is 5.69 Å². The van der Waals surface area contributed by atoms with Crippen molar-refractivity contribution in [2.45, 2.75) is 32.2 Å². The first kappa shape index (κ1) is 12.9. The van der Waals surface area contributed by atoms with E-state index in [2.05, 4.69) is 35.5 Å². The minimum atomic E-state index is 0.203. The largest absolute Gasteiger partial charge is 0.396 e. The van der Waals surface area contributed by atoms with Crippen molar-refractivity contribution in [1.29, 1.82) is 0 Å². The van der Waals surface area contributed by atoms with E-state index in [-0.39, 0.29) is 5.41 Å². The summed E-state index contributed by atoms with van der Waals surface area (Å²) in [5.74, 6) is 0. The summed E-state index contributed by atoms with van der Waals surface area (Å²) in [6.07, 6.45) is 4.80. The quantitative estimate of drug-likeness (QED) is 0.849. The third-order valence-electron chi connectivity index (χ3n) is 4.62. The zero-order valence-corrected chi connectivity index (χ0v) is 11.8. The van der Waals surface area contributed by atoms with Crippen molar-refractivity contribution in [2.75, 3.05) is 31.6 Å². The number of aliphatic hydroxyl groups excluding tert-OH is 1. The molecule has 1 aliphatic carbocycles. The molecule has 3 nitrogen and oxygen atoms in total. The van der Waals surface area contributed by atoms with Gasteiger partial charge in [-0.25, -0.2) is 0 Å². The van der Waals surface area contributed by atoms with Gasteiger partial charge in [-0.2, -0.15) is 0 Å². The number of aryl methyl sites for hydroxylation is 1. The highest BCUT2D eigenvalue weighted by molar-refractivity contribution is 5.56. The van der Waals surface area contributed by atoms with Crippen LogP contribution in [0.3, 0.4) is 0 Å². The van der Waals surface area contributed by atoms with E-state index in [4.69, 9.17) is 0 Å². The van der Waals surface area contributed by atoms with Gasteiger partial charge < -0.3 is 15.3 Å². The Bertz CT molecular complexity index is 454. The molecule has 1 fully saturated rings. The van der Waals surface area contributed by atoms with Crippen LogP contribution in [-0.4, -0.2) is 31.9 Å². The molecule has 0 atom stereocenters. The van der Waals surface area contributed by atoms with E-state index in [0.717, 1.165) is 13.1 Å². The molecule has 3 heteroatoms. The van der Waals surface area contributed by atoms with Crippen LogP contribution in [0.2, 0.25) is 0 Å². The van der Waals surface area contributed by atoms with E-state index in [1.807, 2.05) is 0 Å². The number of benzene rings is 1. The molecule has 0 spiro atoms. The molecule has 1 aromatic carbocycles. The summed E-state index contributed by atoms with van der Waals surface area (Å²) in [5, 5.41) is 12.8. The minimum Gasteiger partial charge on any atom is -0.396 e. The van der Waals surface area contributed by atoms with Crippen molar-refractivity contribution in [1.82, 2.24) is 5.32 Å². The Morgan fingerprint density at radius 2 is 2.21 bits per heavy atom. The number of hydrogen-bond acceptors (Lipinski definition) is 3. The summed E-state index contributed by atoms with van der Waals surface area (Å²) in [6.45, 7) is 3.36. The van der Waals surface area contributed by atoms with Crippen LogP contribution in [0.15, 0.2) is 18.2 Å². The van der Waals surface area contributed by atoms with Crippen LogP contribution in [-0.2, 0) is 13.0 Å². The maximum absolute atomic E-state index is 9.30. The molecule has 0 bridgehead atoms. The fourth-order valence-corrected chi connectivity index (χ4v) is 2.99. The van der Waals surface area contributed by atoms with Crippen LogP contribution >= 0.6 is 0 Å². The fourth-order valence-electron chi connectivity index (χ4n) is 2.99. The summed E-state index contributed by atoms with van der Waals surface area (Å²) < 4.78 is 0. The molecule has 0 amide bonds. The van der Waals surface area contributed by atoms with Crippen LogP contribution < -0.4 is 10.2 Å². The first-order chi connectivity index (χ1) is 9.22. The van der Waals surface area contributed by atoms with Crippen LogP contribution in [0, 0.1) is 5.41 Å². The molecule has 1 heterocycles. The normalized spacial score (nSPS) is 20.2. The number of fused-ring (bicyclic) bond motifs is 1. The van der Waals surface area contributed by atoms with Gasteiger partial charge in [-0.15, -0.1) is 0 Å². The van der Waals surface area contributed by atoms with E-state index in [1.54, 1.807) is 0 Å². The molecule has 1 saturated carbocycles. The molecule has 19 heavy (non-hydrogen) atoms. The van der Waals surface area contributed by atoms with Crippen LogP contribution in [0.5, 0.6) is 0 Å². The Balaban J connectivity index is 1.59. The Hall–Kier alpha value is -1.06. The molecule has 104 valence electrons. The van der Waals surface area contributed by atoms with Gasteiger partial charge >= 0.3 is 0 Å². The average Bonchev–Trinajstić information content (AvgIpc) is 3.20. The van der Waals surface area contributed by atoms with E-state index < -0.39 is 0 Å². The predicted octanol–water partition coefficient (Wildman–Crippen LogP) is 1.93. The van der Waals surface area contributed by atoms with Gasteiger partial charge in [-0.05, 0) is 42.9 Å². The van der Waals surface area contributed by atoms with Gasteiger partial charge in [0.2, 0.25) is 0 Å². The first-order valence-electron chi connectivity index (χ1n) is 7.37. The van der Waals surface area contributed by atoms with E-state index in [1.165, 1.54) is 49.0 Å². The Labute approximate surface area is 115 Å². The molecule has 2 N–H and O–H groups in total. The average molecular weight is 260 g/mol. The summed E-state index contributed by atoms with van der Waals surface area (Å²) in [7, 11) is 2.17. The van der Waals surface area contributed by atoms with Gasteiger partial charge in [0.1, 0.15) is 0 Å². The number of aliphatic hydroxyl groups is 1. The number of nitrogens with zero attached hydrogens (tertiary/aromatic N) is 1. The second kappa shape index (κ2) is 5.14. The van der Waals surface area contributed by atoms with Crippen LogP contribution in [0.25, 0.3) is 0 Å². The molecule has 1 aliphatic heterocycles. The van der Waals surface area contributed by atoms with Gasteiger partial charge in [-0.1, -0.05) is 12.1 Å². The number of anilines is 1. The molecule has 3 rings (SSSR count). The zero-order chi connectivity index (χ0) is 13.3. The van der Waals surface area contributed by atoms with Crippen molar-refractivity contribution in [3.05, 3.63) is 29.3 Å². The second-order valence-electron chi connectivity index (χ2n) is 6.25. The smallest absolute Gasteiger partial charge is 0.0499 e. The van der Waals surface area contributed by atoms with Gasteiger partial charge in [0.25, 0.3) is 0 Å². The van der Waals surface area contributed by atoms with Crippen molar-refractivity contribution >= 4 is 5.69 Å². The van der Waals surface area contributed by atoms with Crippen LogP contribution in [0.1, 0.15) is 30.4 Å². The Morgan fingerprint density at radius 1 is 1.37 bits per heavy atom. The lowest BCUT2D eigenvalue weighted by molar-refractivity contribution is 0.207. The third kappa shape index (κ3) is 2.77. The third-order valence-corrected chi connectivity index (χ3v) is 4.62. The molecule has 0 radical (unpaired) electrons. The molecule has 2 aliphatic rings. The van der Waals surface area contributed by atoms with E-state index in [0.29, 0.717) is 6.61 Å². The minimum absolute atomic E-state index is 0.203. The number of rotatable bonds is 5. The lowest BCUT2D eigenvalue weighted by atomic mass is 9.99. The van der Waals surface area contributed by atoms with Crippen molar-refractivity contribution in [2.24, 2.45) is 5.41 Å². The van der Waals surface area contributed by atoms with Gasteiger partial charge in [0.15, 0.2) is 0 Å². The SMILES string of the molecule is CN1CCCc2cc(CNCC3(CO)CC3)ccc21. The summed E-state index contributed by atoms with van der Waals surface area (Å²) in [4.78, 5) is 2.35. The van der Waals surface area contributed by atoms with Gasteiger partial charge in [-0.3, -0.25) is 0 Å². The maximum atomic E-state index is 9.30. The molecule has 0 unspecified atom stereocenters. The van der Waals surface area contributed by atoms with E-state index >= 15 is 0 Å². The molecular weight excluding hydrogens is 236 g/mol. The fraction of sp³-hybridized carbons (Fsp3) is 0.625. The van der Waals surface area contributed by atoms with Crippen molar-refractivity contribution < 1.29 is 5.11 Å². The lowest BCUT2D eigenvalue weighted by Gasteiger charge is -2.28. The number of hydrogen-bond donors (Lipinski definition) is 2.